The highest BCUT2D eigenvalue weighted by atomic mass is 16.5. The second-order valence-electron chi connectivity index (χ2n) is 6.54. The average Bonchev–Trinajstić information content (AvgIpc) is 2.43. The zero-order valence-electron chi connectivity index (χ0n) is 13.2. The Bertz CT molecular complexity index is 473. The van der Waals surface area contributed by atoms with Crippen LogP contribution in [-0.2, 0) is 16.0 Å². The third kappa shape index (κ3) is 4.55. The van der Waals surface area contributed by atoms with Gasteiger partial charge in [0.15, 0.2) is 0 Å². The molecule has 116 valence electrons. The summed E-state index contributed by atoms with van der Waals surface area (Å²) in [5.41, 5.74) is 7.02. The summed E-state index contributed by atoms with van der Waals surface area (Å²) in [6.07, 6.45) is 1.56. The summed E-state index contributed by atoms with van der Waals surface area (Å²) in [4.78, 5) is 14.3. The molecule has 1 heterocycles. The minimum atomic E-state index is -0.439. The largest absolute Gasteiger partial charge is 0.369 e. The van der Waals surface area contributed by atoms with Gasteiger partial charge in [0.25, 0.3) is 0 Å². The van der Waals surface area contributed by atoms with E-state index in [0.29, 0.717) is 19.5 Å². The third-order valence-electron chi connectivity index (χ3n) is 3.79. The molecule has 1 fully saturated rings. The Morgan fingerprint density at radius 2 is 2.10 bits per heavy atom. The summed E-state index contributed by atoms with van der Waals surface area (Å²) in [5.74, 6) is 0.0363. The summed E-state index contributed by atoms with van der Waals surface area (Å²) in [6, 6.07) is 9.70. The van der Waals surface area contributed by atoms with Crippen molar-refractivity contribution in [2.75, 3.05) is 13.1 Å². The molecule has 2 unspecified atom stereocenters. The molecular weight excluding hydrogens is 264 g/mol. The van der Waals surface area contributed by atoms with E-state index in [2.05, 4.69) is 12.1 Å². The van der Waals surface area contributed by atoms with Crippen LogP contribution in [0.25, 0.3) is 0 Å². The molecule has 1 saturated heterocycles. The van der Waals surface area contributed by atoms with Gasteiger partial charge in [-0.05, 0) is 39.2 Å². The number of nitrogens with zero attached hydrogens (tertiary/aromatic N) is 1. The molecule has 0 aliphatic carbocycles. The van der Waals surface area contributed by atoms with Gasteiger partial charge in [0.1, 0.15) is 0 Å². The molecule has 2 atom stereocenters. The number of hydrogen-bond donors (Lipinski definition) is 1. The first-order valence-corrected chi connectivity index (χ1v) is 7.63. The molecular formula is C17H26N2O2. The fraction of sp³-hybridized carbons (Fsp3) is 0.588. The highest BCUT2D eigenvalue weighted by Gasteiger charge is 2.35. The van der Waals surface area contributed by atoms with Crippen molar-refractivity contribution in [3.05, 3.63) is 35.9 Å². The van der Waals surface area contributed by atoms with Crippen molar-refractivity contribution in [1.82, 2.24) is 4.90 Å². The molecule has 21 heavy (non-hydrogen) atoms. The van der Waals surface area contributed by atoms with Crippen LogP contribution in [0.2, 0.25) is 0 Å². The summed E-state index contributed by atoms with van der Waals surface area (Å²) >= 11 is 0. The van der Waals surface area contributed by atoms with Crippen LogP contribution in [0.5, 0.6) is 0 Å². The normalized spacial score (nSPS) is 22.9. The van der Waals surface area contributed by atoms with Gasteiger partial charge in [-0.15, -0.1) is 0 Å². The molecule has 1 aliphatic heterocycles. The molecule has 0 aromatic heterocycles. The van der Waals surface area contributed by atoms with E-state index in [-0.39, 0.29) is 17.6 Å². The predicted molar refractivity (Wildman–Crippen MR) is 83.9 cm³/mol. The Kier molecular flexibility index (Phi) is 5.01. The molecule has 1 amide bonds. The number of hydrogen-bond acceptors (Lipinski definition) is 3. The van der Waals surface area contributed by atoms with Crippen molar-refractivity contribution in [3.63, 3.8) is 0 Å². The van der Waals surface area contributed by atoms with Crippen LogP contribution in [0.4, 0.5) is 0 Å². The van der Waals surface area contributed by atoms with E-state index in [1.807, 2.05) is 43.9 Å². The Hall–Kier alpha value is -1.39. The molecule has 2 N–H and O–H groups in total. The Labute approximate surface area is 127 Å². The van der Waals surface area contributed by atoms with Crippen LogP contribution in [0, 0.1) is 0 Å². The van der Waals surface area contributed by atoms with Crippen molar-refractivity contribution in [2.45, 2.75) is 51.4 Å². The number of carbonyl (C=O) groups excluding carboxylic acids is 1. The summed E-state index contributed by atoms with van der Waals surface area (Å²) in [6.45, 7) is 7.25. The topological polar surface area (TPSA) is 55.6 Å². The first-order chi connectivity index (χ1) is 9.87. The number of carbonyl (C=O) groups is 1. The van der Waals surface area contributed by atoms with Crippen molar-refractivity contribution in [1.29, 1.82) is 0 Å². The van der Waals surface area contributed by atoms with Crippen LogP contribution < -0.4 is 5.73 Å². The molecule has 1 aliphatic rings. The highest BCUT2D eigenvalue weighted by molar-refractivity contribution is 5.81. The van der Waals surface area contributed by atoms with Gasteiger partial charge in [-0.2, -0.15) is 0 Å². The van der Waals surface area contributed by atoms with Crippen LogP contribution in [0.3, 0.4) is 0 Å². The van der Waals surface area contributed by atoms with E-state index < -0.39 is 6.04 Å². The van der Waals surface area contributed by atoms with Crippen LogP contribution >= 0.6 is 0 Å². The maximum Gasteiger partial charge on any atom is 0.239 e. The van der Waals surface area contributed by atoms with Crippen molar-refractivity contribution >= 4 is 5.91 Å². The maximum absolute atomic E-state index is 12.5. The number of morpholine rings is 1. The van der Waals surface area contributed by atoms with Gasteiger partial charge in [-0.25, -0.2) is 0 Å². The molecule has 0 bridgehead atoms. The number of benzene rings is 1. The molecule has 0 radical (unpaired) electrons. The van der Waals surface area contributed by atoms with Gasteiger partial charge < -0.3 is 15.4 Å². The van der Waals surface area contributed by atoms with Gasteiger partial charge in [-0.1, -0.05) is 30.3 Å². The van der Waals surface area contributed by atoms with E-state index in [9.17, 15) is 4.79 Å². The minimum Gasteiger partial charge on any atom is -0.369 e. The van der Waals surface area contributed by atoms with Gasteiger partial charge in [0.05, 0.1) is 17.7 Å². The second kappa shape index (κ2) is 6.58. The summed E-state index contributed by atoms with van der Waals surface area (Å²) in [7, 11) is 0. The minimum absolute atomic E-state index is 0.0363. The second-order valence-corrected chi connectivity index (χ2v) is 6.54. The maximum atomic E-state index is 12.5. The molecule has 0 spiro atoms. The molecule has 2 rings (SSSR count). The number of ether oxygens (including phenoxy) is 1. The average molecular weight is 290 g/mol. The van der Waals surface area contributed by atoms with Gasteiger partial charge in [0, 0.05) is 13.1 Å². The number of amides is 1. The van der Waals surface area contributed by atoms with Crippen molar-refractivity contribution < 1.29 is 9.53 Å². The lowest BCUT2D eigenvalue weighted by Gasteiger charge is -2.42. The number of rotatable bonds is 4. The number of aryl methyl sites for hydroxylation is 1. The number of nitrogens with two attached hydrogens (primary N) is 1. The van der Waals surface area contributed by atoms with Crippen molar-refractivity contribution in [3.8, 4) is 0 Å². The third-order valence-corrected chi connectivity index (χ3v) is 3.79. The fourth-order valence-electron chi connectivity index (χ4n) is 2.95. The van der Waals surface area contributed by atoms with Crippen LogP contribution in [0.1, 0.15) is 32.8 Å². The van der Waals surface area contributed by atoms with Gasteiger partial charge in [-0.3, -0.25) is 4.79 Å². The summed E-state index contributed by atoms with van der Waals surface area (Å²) in [5, 5.41) is 0. The Morgan fingerprint density at radius 3 is 2.71 bits per heavy atom. The zero-order chi connectivity index (χ0) is 15.5. The lowest BCUT2D eigenvalue weighted by Crippen LogP contribution is -2.57. The lowest BCUT2D eigenvalue weighted by molar-refractivity contribution is -0.159. The smallest absolute Gasteiger partial charge is 0.239 e. The highest BCUT2D eigenvalue weighted by Crippen LogP contribution is 2.21. The van der Waals surface area contributed by atoms with E-state index in [0.717, 1.165) is 6.42 Å². The summed E-state index contributed by atoms with van der Waals surface area (Å²) < 4.78 is 5.83. The molecule has 1 aromatic carbocycles. The first kappa shape index (κ1) is 16.0. The Morgan fingerprint density at radius 1 is 1.43 bits per heavy atom. The zero-order valence-corrected chi connectivity index (χ0v) is 13.2. The van der Waals surface area contributed by atoms with Crippen LogP contribution in [0.15, 0.2) is 30.3 Å². The van der Waals surface area contributed by atoms with E-state index in [4.69, 9.17) is 10.5 Å². The Balaban J connectivity index is 1.90. The van der Waals surface area contributed by atoms with E-state index in [1.165, 1.54) is 5.56 Å². The lowest BCUT2D eigenvalue weighted by atomic mass is 10.0. The molecule has 4 nitrogen and oxygen atoms in total. The van der Waals surface area contributed by atoms with Crippen LogP contribution in [-0.4, -0.2) is 41.6 Å². The van der Waals surface area contributed by atoms with E-state index in [1.54, 1.807) is 0 Å². The quantitative estimate of drug-likeness (QED) is 0.922. The SMILES string of the molecule is CC1CN(C(=O)C(N)CCc2ccccc2)CC(C)(C)O1. The molecule has 4 heteroatoms. The monoisotopic (exact) mass is 290 g/mol. The fourth-order valence-corrected chi connectivity index (χ4v) is 2.95. The van der Waals surface area contributed by atoms with Gasteiger partial charge in [0.2, 0.25) is 5.91 Å². The molecule has 0 saturated carbocycles. The molecule has 1 aromatic rings. The standard InChI is InChI=1S/C17H26N2O2/c1-13-11-19(12-17(2,3)21-13)16(20)15(18)10-9-14-7-5-4-6-8-14/h4-8,13,15H,9-12,18H2,1-3H3. The van der Waals surface area contributed by atoms with Crippen molar-refractivity contribution in [2.24, 2.45) is 5.73 Å². The first-order valence-electron chi connectivity index (χ1n) is 7.63. The predicted octanol–water partition coefficient (Wildman–Crippen LogP) is 1.97. The van der Waals surface area contributed by atoms with Gasteiger partial charge >= 0.3 is 0 Å². The van der Waals surface area contributed by atoms with E-state index >= 15 is 0 Å².